The third kappa shape index (κ3) is 3.18. The fourth-order valence-electron chi connectivity index (χ4n) is 1.83. The van der Waals surface area contributed by atoms with Gasteiger partial charge in [0.05, 0.1) is 30.1 Å². The van der Waals surface area contributed by atoms with Crippen LogP contribution in [-0.4, -0.2) is 29.0 Å². The fourth-order valence-corrected chi connectivity index (χ4v) is 2.69. The third-order valence-electron chi connectivity index (χ3n) is 2.79. The van der Waals surface area contributed by atoms with Gasteiger partial charge >= 0.3 is 0 Å². The molecule has 0 bridgehead atoms. The first-order valence-corrected chi connectivity index (χ1v) is 7.24. The predicted octanol–water partition coefficient (Wildman–Crippen LogP) is 2.05. The highest BCUT2D eigenvalue weighted by molar-refractivity contribution is 7.99. The summed E-state index contributed by atoms with van der Waals surface area (Å²) >= 11 is 1.42. The Morgan fingerprint density at radius 2 is 2.25 bits per heavy atom. The standard InChI is InChI=1S/C14H15N3O2S/c1-19-9-8-17-13(18)11-5-2-3-6-12(11)16-14(17)20-10-4-7-15/h2-3,5-6H,4,8-10H2,1H3. The normalized spacial score (nSPS) is 10.6. The molecule has 104 valence electrons. The molecular formula is C14H15N3O2S. The summed E-state index contributed by atoms with van der Waals surface area (Å²) in [5.74, 6) is 0.619. The van der Waals surface area contributed by atoms with E-state index in [1.807, 2.05) is 18.2 Å². The van der Waals surface area contributed by atoms with Crippen LogP contribution >= 0.6 is 11.8 Å². The summed E-state index contributed by atoms with van der Waals surface area (Å²) in [6.07, 6.45) is 0.428. The largest absolute Gasteiger partial charge is 0.383 e. The maximum Gasteiger partial charge on any atom is 0.262 e. The van der Waals surface area contributed by atoms with E-state index < -0.39 is 0 Å². The summed E-state index contributed by atoms with van der Waals surface area (Å²) in [5, 5.41) is 9.85. The minimum atomic E-state index is -0.0629. The fraction of sp³-hybridized carbons (Fsp3) is 0.357. The summed E-state index contributed by atoms with van der Waals surface area (Å²) in [6, 6.07) is 9.38. The molecule has 2 rings (SSSR count). The molecule has 1 heterocycles. The zero-order valence-electron chi connectivity index (χ0n) is 11.2. The molecule has 0 aliphatic heterocycles. The number of benzene rings is 1. The van der Waals surface area contributed by atoms with Gasteiger partial charge in [-0.25, -0.2) is 4.98 Å². The molecule has 0 saturated carbocycles. The number of nitrogens with zero attached hydrogens (tertiary/aromatic N) is 3. The SMILES string of the molecule is COCCn1c(SCCC#N)nc2ccccc2c1=O. The van der Waals surface area contributed by atoms with E-state index in [-0.39, 0.29) is 5.56 Å². The smallest absolute Gasteiger partial charge is 0.262 e. The van der Waals surface area contributed by atoms with Gasteiger partial charge in [-0.05, 0) is 12.1 Å². The quantitative estimate of drug-likeness (QED) is 0.462. The first-order chi connectivity index (χ1) is 9.77. The van der Waals surface area contributed by atoms with Crippen molar-refractivity contribution in [2.24, 2.45) is 0 Å². The molecule has 20 heavy (non-hydrogen) atoms. The van der Waals surface area contributed by atoms with Crippen molar-refractivity contribution in [2.45, 2.75) is 18.1 Å². The lowest BCUT2D eigenvalue weighted by molar-refractivity contribution is 0.183. The number of hydrogen-bond acceptors (Lipinski definition) is 5. The third-order valence-corrected chi connectivity index (χ3v) is 3.77. The minimum absolute atomic E-state index is 0.0629. The second-order valence-corrected chi connectivity index (χ2v) is 5.18. The van der Waals surface area contributed by atoms with Crippen LogP contribution in [-0.2, 0) is 11.3 Å². The van der Waals surface area contributed by atoms with Crippen molar-refractivity contribution in [3.63, 3.8) is 0 Å². The monoisotopic (exact) mass is 289 g/mol. The Labute approximate surface area is 121 Å². The second kappa shape index (κ2) is 7.08. The van der Waals surface area contributed by atoms with E-state index in [1.54, 1.807) is 17.7 Å². The summed E-state index contributed by atoms with van der Waals surface area (Å²) in [5.41, 5.74) is 0.623. The lowest BCUT2D eigenvalue weighted by Crippen LogP contribution is -2.25. The maximum absolute atomic E-state index is 12.5. The molecule has 2 aromatic rings. The lowest BCUT2D eigenvalue weighted by Gasteiger charge is -2.12. The van der Waals surface area contributed by atoms with Crippen molar-refractivity contribution in [1.82, 2.24) is 9.55 Å². The number of thioether (sulfide) groups is 1. The molecule has 0 unspecified atom stereocenters. The van der Waals surface area contributed by atoms with E-state index in [9.17, 15) is 4.79 Å². The molecule has 0 spiro atoms. The number of methoxy groups -OCH3 is 1. The van der Waals surface area contributed by atoms with Crippen LogP contribution in [0.25, 0.3) is 10.9 Å². The van der Waals surface area contributed by atoms with E-state index in [2.05, 4.69) is 11.1 Å². The summed E-state index contributed by atoms with van der Waals surface area (Å²) in [6.45, 7) is 0.911. The Kier molecular flexibility index (Phi) is 5.16. The van der Waals surface area contributed by atoms with Crippen LogP contribution in [0.3, 0.4) is 0 Å². The minimum Gasteiger partial charge on any atom is -0.383 e. The van der Waals surface area contributed by atoms with Gasteiger partial charge in [0.2, 0.25) is 0 Å². The van der Waals surface area contributed by atoms with E-state index in [0.29, 0.717) is 41.4 Å². The number of rotatable bonds is 6. The van der Waals surface area contributed by atoms with Gasteiger partial charge in [0.25, 0.3) is 5.56 Å². The predicted molar refractivity (Wildman–Crippen MR) is 78.8 cm³/mol. The average Bonchev–Trinajstić information content (AvgIpc) is 2.47. The van der Waals surface area contributed by atoms with E-state index >= 15 is 0 Å². The highest BCUT2D eigenvalue weighted by Gasteiger charge is 2.10. The van der Waals surface area contributed by atoms with Gasteiger partial charge in [0.1, 0.15) is 0 Å². The molecular weight excluding hydrogens is 274 g/mol. The highest BCUT2D eigenvalue weighted by atomic mass is 32.2. The Balaban J connectivity index is 2.46. The number of fused-ring (bicyclic) bond motifs is 1. The van der Waals surface area contributed by atoms with Gasteiger partial charge in [-0.15, -0.1) is 0 Å². The van der Waals surface area contributed by atoms with E-state index in [4.69, 9.17) is 10.00 Å². The molecule has 0 aliphatic rings. The summed E-state index contributed by atoms with van der Waals surface area (Å²) < 4.78 is 6.66. The van der Waals surface area contributed by atoms with Gasteiger partial charge in [-0.1, -0.05) is 23.9 Å². The summed E-state index contributed by atoms with van der Waals surface area (Å²) in [4.78, 5) is 17.0. The van der Waals surface area contributed by atoms with Crippen molar-refractivity contribution in [1.29, 1.82) is 5.26 Å². The van der Waals surface area contributed by atoms with Gasteiger partial charge in [0, 0.05) is 19.3 Å². The number of nitriles is 1. The molecule has 0 atom stereocenters. The molecule has 1 aromatic heterocycles. The van der Waals surface area contributed by atoms with Gasteiger partial charge in [0.15, 0.2) is 5.16 Å². The van der Waals surface area contributed by atoms with Gasteiger partial charge in [-0.3, -0.25) is 9.36 Å². The number of ether oxygens (including phenoxy) is 1. The highest BCUT2D eigenvalue weighted by Crippen LogP contribution is 2.18. The van der Waals surface area contributed by atoms with Crippen molar-refractivity contribution in [3.05, 3.63) is 34.6 Å². The zero-order valence-corrected chi connectivity index (χ0v) is 12.0. The van der Waals surface area contributed by atoms with Crippen molar-refractivity contribution >= 4 is 22.7 Å². The van der Waals surface area contributed by atoms with Gasteiger partial charge in [-0.2, -0.15) is 5.26 Å². The summed E-state index contributed by atoms with van der Waals surface area (Å²) in [7, 11) is 1.60. The van der Waals surface area contributed by atoms with Crippen molar-refractivity contribution in [3.8, 4) is 6.07 Å². The molecule has 0 N–H and O–H groups in total. The zero-order chi connectivity index (χ0) is 14.4. The average molecular weight is 289 g/mol. The van der Waals surface area contributed by atoms with Crippen molar-refractivity contribution in [2.75, 3.05) is 19.5 Å². The van der Waals surface area contributed by atoms with Gasteiger partial charge < -0.3 is 4.74 Å². The molecule has 0 aliphatic carbocycles. The Bertz CT molecular complexity index is 691. The number of para-hydroxylation sites is 1. The van der Waals surface area contributed by atoms with E-state index in [1.165, 1.54) is 11.8 Å². The first kappa shape index (κ1) is 14.6. The Morgan fingerprint density at radius 3 is 3.00 bits per heavy atom. The molecule has 6 heteroatoms. The molecule has 0 amide bonds. The van der Waals surface area contributed by atoms with Crippen LogP contribution in [0, 0.1) is 11.3 Å². The lowest BCUT2D eigenvalue weighted by atomic mass is 10.2. The second-order valence-electron chi connectivity index (χ2n) is 4.12. The molecule has 5 nitrogen and oxygen atoms in total. The number of aromatic nitrogens is 2. The topological polar surface area (TPSA) is 67.9 Å². The molecule has 0 fully saturated rings. The molecule has 1 aromatic carbocycles. The van der Waals surface area contributed by atoms with Crippen LogP contribution in [0.15, 0.2) is 34.2 Å². The Morgan fingerprint density at radius 1 is 1.45 bits per heavy atom. The van der Waals surface area contributed by atoms with Crippen LogP contribution in [0.5, 0.6) is 0 Å². The maximum atomic E-state index is 12.5. The number of hydrogen-bond donors (Lipinski definition) is 0. The van der Waals surface area contributed by atoms with Crippen LogP contribution in [0.4, 0.5) is 0 Å². The van der Waals surface area contributed by atoms with Crippen LogP contribution in [0.1, 0.15) is 6.42 Å². The first-order valence-electron chi connectivity index (χ1n) is 6.26. The van der Waals surface area contributed by atoms with Crippen molar-refractivity contribution < 1.29 is 4.74 Å². The molecule has 0 radical (unpaired) electrons. The Hall–Kier alpha value is -1.84. The molecule has 0 saturated heterocycles. The van der Waals surface area contributed by atoms with Crippen LogP contribution < -0.4 is 5.56 Å². The van der Waals surface area contributed by atoms with E-state index in [0.717, 1.165) is 0 Å². The van der Waals surface area contributed by atoms with Crippen LogP contribution in [0.2, 0.25) is 0 Å².